The van der Waals surface area contributed by atoms with Crippen LogP contribution in [0.4, 0.5) is 4.39 Å². The van der Waals surface area contributed by atoms with E-state index in [-0.39, 0.29) is 17.8 Å². The first-order valence-electron chi connectivity index (χ1n) is 7.27. The van der Waals surface area contributed by atoms with Gasteiger partial charge in [-0.3, -0.25) is 4.90 Å². The Bertz CT molecular complexity index is 440. The van der Waals surface area contributed by atoms with Gasteiger partial charge in [0.05, 0.1) is 18.8 Å². The molecule has 4 heteroatoms. The average molecular weight is 281 g/mol. The molecular weight excluding hydrogens is 257 g/mol. The summed E-state index contributed by atoms with van der Waals surface area (Å²) in [5.74, 6) is -0.366. The average Bonchev–Trinajstić information content (AvgIpc) is 2.42. The summed E-state index contributed by atoms with van der Waals surface area (Å²) in [6.07, 6.45) is -0.564. The molecule has 0 aliphatic carbocycles. The maximum atomic E-state index is 13.7. The zero-order valence-corrected chi connectivity index (χ0v) is 12.4. The minimum atomic E-state index is -0.776. The van der Waals surface area contributed by atoms with Gasteiger partial charge in [0.1, 0.15) is 5.82 Å². The molecule has 3 nitrogen and oxygen atoms in total. The molecule has 0 saturated carbocycles. The van der Waals surface area contributed by atoms with Crippen molar-refractivity contribution in [1.29, 1.82) is 0 Å². The van der Waals surface area contributed by atoms with Crippen molar-refractivity contribution in [3.63, 3.8) is 0 Å². The Balaban J connectivity index is 2.00. The quantitative estimate of drug-likeness (QED) is 0.921. The first kappa shape index (κ1) is 15.4. The zero-order chi connectivity index (χ0) is 14.7. The van der Waals surface area contributed by atoms with E-state index in [1.165, 1.54) is 6.07 Å². The fourth-order valence-corrected chi connectivity index (χ4v) is 2.72. The van der Waals surface area contributed by atoms with Crippen molar-refractivity contribution in [2.24, 2.45) is 5.92 Å². The predicted octanol–water partition coefficient (Wildman–Crippen LogP) is 2.60. The smallest absolute Gasteiger partial charge is 0.129 e. The molecule has 1 aliphatic heterocycles. The number of aliphatic hydroxyl groups excluding tert-OH is 1. The first-order chi connectivity index (χ1) is 9.49. The summed E-state index contributed by atoms with van der Waals surface area (Å²) >= 11 is 0. The fourth-order valence-electron chi connectivity index (χ4n) is 2.72. The zero-order valence-electron chi connectivity index (χ0n) is 12.4. The molecule has 20 heavy (non-hydrogen) atoms. The van der Waals surface area contributed by atoms with E-state index in [2.05, 4.69) is 18.7 Å². The summed E-state index contributed by atoms with van der Waals surface area (Å²) in [6, 6.07) is 6.78. The van der Waals surface area contributed by atoms with E-state index in [0.29, 0.717) is 18.2 Å². The van der Waals surface area contributed by atoms with E-state index < -0.39 is 6.10 Å². The molecule has 1 aromatic carbocycles. The van der Waals surface area contributed by atoms with Gasteiger partial charge in [-0.05, 0) is 25.8 Å². The molecule has 1 aromatic rings. The lowest BCUT2D eigenvalue weighted by Crippen LogP contribution is -2.49. The van der Waals surface area contributed by atoms with Crippen LogP contribution in [-0.4, -0.2) is 41.8 Å². The minimum absolute atomic E-state index is 0.0281. The van der Waals surface area contributed by atoms with Crippen LogP contribution in [0.15, 0.2) is 24.3 Å². The molecule has 0 aromatic heterocycles. The number of hydrogen-bond acceptors (Lipinski definition) is 3. The van der Waals surface area contributed by atoms with Gasteiger partial charge in [-0.1, -0.05) is 25.1 Å². The third kappa shape index (κ3) is 3.57. The normalized spacial score (nSPS) is 27.2. The predicted molar refractivity (Wildman–Crippen MR) is 77.0 cm³/mol. The molecule has 2 rings (SSSR count). The van der Waals surface area contributed by atoms with Gasteiger partial charge in [0.25, 0.3) is 0 Å². The molecule has 112 valence electrons. The number of morpholine rings is 1. The topological polar surface area (TPSA) is 32.7 Å². The molecule has 0 radical (unpaired) electrons. The molecule has 0 bridgehead atoms. The Morgan fingerprint density at radius 2 is 2.10 bits per heavy atom. The molecule has 1 aliphatic rings. The van der Waals surface area contributed by atoms with Gasteiger partial charge in [0, 0.05) is 24.7 Å². The van der Waals surface area contributed by atoms with Gasteiger partial charge in [0.15, 0.2) is 0 Å². The number of halogens is 1. The first-order valence-corrected chi connectivity index (χ1v) is 7.27. The van der Waals surface area contributed by atoms with Gasteiger partial charge in [-0.2, -0.15) is 0 Å². The monoisotopic (exact) mass is 281 g/mol. The molecule has 4 atom stereocenters. The van der Waals surface area contributed by atoms with Gasteiger partial charge < -0.3 is 9.84 Å². The molecule has 4 unspecified atom stereocenters. The standard InChI is InChI=1S/C16H24FNO2/c1-11(8-18-9-13(3)20-10-12(18)2)16(19)14-6-4-5-7-15(14)17/h4-7,11-13,16,19H,8-10H2,1-3H3. The second-order valence-electron chi connectivity index (χ2n) is 5.89. The molecule has 0 spiro atoms. The van der Waals surface area contributed by atoms with Crippen molar-refractivity contribution in [3.05, 3.63) is 35.6 Å². The Hall–Kier alpha value is -0.970. The highest BCUT2D eigenvalue weighted by atomic mass is 19.1. The number of ether oxygens (including phenoxy) is 1. The van der Waals surface area contributed by atoms with Crippen LogP contribution >= 0.6 is 0 Å². The third-order valence-corrected chi connectivity index (χ3v) is 4.02. The van der Waals surface area contributed by atoms with E-state index in [1.54, 1.807) is 18.2 Å². The number of aliphatic hydroxyl groups is 1. The van der Waals surface area contributed by atoms with Gasteiger partial charge in [-0.25, -0.2) is 4.39 Å². The lowest BCUT2D eigenvalue weighted by Gasteiger charge is -2.39. The van der Waals surface area contributed by atoms with Crippen LogP contribution in [0.5, 0.6) is 0 Å². The maximum absolute atomic E-state index is 13.7. The molecule has 1 saturated heterocycles. The van der Waals surface area contributed by atoms with Crippen molar-refractivity contribution in [3.8, 4) is 0 Å². The molecular formula is C16H24FNO2. The maximum Gasteiger partial charge on any atom is 0.129 e. The van der Waals surface area contributed by atoms with Crippen LogP contribution in [0, 0.1) is 11.7 Å². The van der Waals surface area contributed by atoms with E-state index in [1.807, 2.05) is 6.92 Å². The second-order valence-corrected chi connectivity index (χ2v) is 5.89. The molecule has 1 N–H and O–H groups in total. The van der Waals surface area contributed by atoms with Crippen LogP contribution in [0.1, 0.15) is 32.4 Å². The van der Waals surface area contributed by atoms with Crippen LogP contribution in [0.25, 0.3) is 0 Å². The summed E-state index contributed by atoms with van der Waals surface area (Å²) in [4.78, 5) is 2.31. The Morgan fingerprint density at radius 1 is 1.40 bits per heavy atom. The van der Waals surface area contributed by atoms with Crippen LogP contribution in [0.2, 0.25) is 0 Å². The highest BCUT2D eigenvalue weighted by Gasteiger charge is 2.28. The van der Waals surface area contributed by atoms with E-state index in [9.17, 15) is 9.50 Å². The number of hydrogen-bond donors (Lipinski definition) is 1. The van der Waals surface area contributed by atoms with Crippen molar-refractivity contribution < 1.29 is 14.2 Å². The Morgan fingerprint density at radius 3 is 2.80 bits per heavy atom. The highest BCUT2D eigenvalue weighted by Crippen LogP contribution is 2.26. The van der Waals surface area contributed by atoms with Crippen molar-refractivity contribution in [2.75, 3.05) is 19.7 Å². The summed E-state index contributed by atoms with van der Waals surface area (Å²) < 4.78 is 19.3. The Kier molecular flexibility index (Phi) is 5.13. The second kappa shape index (κ2) is 6.66. The van der Waals surface area contributed by atoms with Crippen molar-refractivity contribution in [1.82, 2.24) is 4.90 Å². The van der Waals surface area contributed by atoms with Crippen molar-refractivity contribution >= 4 is 0 Å². The van der Waals surface area contributed by atoms with E-state index >= 15 is 0 Å². The third-order valence-electron chi connectivity index (χ3n) is 4.02. The fraction of sp³-hybridized carbons (Fsp3) is 0.625. The summed E-state index contributed by atoms with van der Waals surface area (Å²) in [5, 5.41) is 10.4. The van der Waals surface area contributed by atoms with E-state index in [0.717, 1.165) is 13.1 Å². The SMILES string of the molecule is CC1CN(CC(C)C(O)c2ccccc2F)C(C)CO1. The van der Waals surface area contributed by atoms with Crippen LogP contribution in [-0.2, 0) is 4.74 Å². The summed E-state index contributed by atoms with van der Waals surface area (Å²) in [6.45, 7) is 8.44. The molecule has 1 heterocycles. The van der Waals surface area contributed by atoms with Gasteiger partial charge >= 0.3 is 0 Å². The number of nitrogens with zero attached hydrogens (tertiary/aromatic N) is 1. The highest BCUT2D eigenvalue weighted by molar-refractivity contribution is 5.20. The summed E-state index contributed by atoms with van der Waals surface area (Å²) in [7, 11) is 0. The minimum Gasteiger partial charge on any atom is -0.388 e. The molecule has 0 amide bonds. The molecule has 1 fully saturated rings. The largest absolute Gasteiger partial charge is 0.388 e. The van der Waals surface area contributed by atoms with Crippen LogP contribution in [0.3, 0.4) is 0 Å². The van der Waals surface area contributed by atoms with Gasteiger partial charge in [-0.15, -0.1) is 0 Å². The van der Waals surface area contributed by atoms with Gasteiger partial charge in [0.2, 0.25) is 0 Å². The lowest BCUT2D eigenvalue weighted by atomic mass is 9.95. The summed E-state index contributed by atoms with van der Waals surface area (Å²) in [5.41, 5.74) is 0.383. The van der Waals surface area contributed by atoms with Crippen molar-refractivity contribution in [2.45, 2.75) is 39.0 Å². The number of rotatable bonds is 4. The van der Waals surface area contributed by atoms with E-state index in [4.69, 9.17) is 4.74 Å². The van der Waals surface area contributed by atoms with Crippen LogP contribution < -0.4 is 0 Å². The Labute approximate surface area is 120 Å². The lowest BCUT2D eigenvalue weighted by molar-refractivity contribution is -0.0603. The number of benzene rings is 1.